The van der Waals surface area contributed by atoms with E-state index in [0.29, 0.717) is 0 Å². The molecule has 0 aliphatic carbocycles. The zero-order valence-electron chi connectivity index (χ0n) is 6.90. The molecule has 0 bridgehead atoms. The molecule has 0 radical (unpaired) electrons. The van der Waals surface area contributed by atoms with E-state index < -0.39 is 5.97 Å². The van der Waals surface area contributed by atoms with Gasteiger partial charge in [0.15, 0.2) is 5.69 Å². The van der Waals surface area contributed by atoms with Gasteiger partial charge >= 0.3 is 5.97 Å². The molecule has 0 aliphatic heterocycles. The summed E-state index contributed by atoms with van der Waals surface area (Å²) in [5, 5.41) is 12.4. The Bertz CT molecular complexity index is 453. The third kappa shape index (κ3) is 1.42. The number of aromatic carboxylic acids is 1. The topological polar surface area (TPSA) is 93.8 Å². The number of nitrogens with zero attached hydrogens (tertiary/aromatic N) is 5. The van der Waals surface area contributed by atoms with Gasteiger partial charge in [-0.3, -0.25) is 0 Å². The maximum absolute atomic E-state index is 10.6. The minimum atomic E-state index is -1.10. The number of aromatic nitrogens is 5. The molecule has 0 atom stereocenters. The van der Waals surface area contributed by atoms with Gasteiger partial charge in [0, 0.05) is 6.20 Å². The number of rotatable bonds is 2. The van der Waals surface area contributed by atoms with E-state index in [1.165, 1.54) is 29.6 Å². The highest BCUT2D eigenvalue weighted by molar-refractivity contribution is 5.85. The van der Waals surface area contributed by atoms with E-state index in [2.05, 4.69) is 20.1 Å². The van der Waals surface area contributed by atoms with Gasteiger partial charge in [-0.1, -0.05) is 0 Å². The zero-order chi connectivity index (χ0) is 9.97. The van der Waals surface area contributed by atoms with Gasteiger partial charge in [-0.25, -0.2) is 19.7 Å². The van der Waals surface area contributed by atoms with Crippen LogP contribution in [-0.2, 0) is 0 Å². The van der Waals surface area contributed by atoms with Crippen LogP contribution in [-0.4, -0.2) is 35.8 Å². The number of carboxylic acid groups (broad SMARTS) is 1. The number of carbonyl (C=O) groups is 1. The van der Waals surface area contributed by atoms with Crippen molar-refractivity contribution in [2.75, 3.05) is 0 Å². The van der Waals surface area contributed by atoms with Crippen LogP contribution in [0.4, 0.5) is 0 Å². The summed E-state index contributed by atoms with van der Waals surface area (Å²) in [6.45, 7) is 0. The Morgan fingerprint density at radius 2 is 2.36 bits per heavy atom. The summed E-state index contributed by atoms with van der Waals surface area (Å²) in [7, 11) is 0. The van der Waals surface area contributed by atoms with Gasteiger partial charge < -0.3 is 5.11 Å². The molecule has 7 heteroatoms. The Balaban J connectivity index is 2.46. The van der Waals surface area contributed by atoms with Crippen molar-refractivity contribution in [1.82, 2.24) is 24.7 Å². The van der Waals surface area contributed by atoms with Gasteiger partial charge in [0.1, 0.15) is 12.7 Å². The van der Waals surface area contributed by atoms with Crippen LogP contribution in [0.15, 0.2) is 24.9 Å². The molecule has 2 rings (SSSR count). The SMILES string of the molecule is O=C(O)c1ccnc(-n2cncn2)n1. The maximum Gasteiger partial charge on any atom is 0.354 e. The van der Waals surface area contributed by atoms with Crippen LogP contribution in [0.2, 0.25) is 0 Å². The lowest BCUT2D eigenvalue weighted by Gasteiger charge is -1.98. The van der Waals surface area contributed by atoms with Crippen molar-refractivity contribution < 1.29 is 9.90 Å². The van der Waals surface area contributed by atoms with Crippen LogP contribution in [0.5, 0.6) is 0 Å². The molecule has 2 aromatic rings. The molecule has 0 aliphatic rings. The normalized spacial score (nSPS) is 10.0. The molecule has 1 N–H and O–H groups in total. The van der Waals surface area contributed by atoms with E-state index in [9.17, 15) is 4.79 Å². The molecule has 0 fully saturated rings. The second-order valence-corrected chi connectivity index (χ2v) is 2.39. The fourth-order valence-corrected chi connectivity index (χ4v) is 0.889. The standard InChI is InChI=1S/C7H5N5O2/c13-6(14)5-1-2-9-7(11-5)12-4-8-3-10-12/h1-4H,(H,13,14). The van der Waals surface area contributed by atoms with Gasteiger partial charge in [0.05, 0.1) is 0 Å². The summed E-state index contributed by atoms with van der Waals surface area (Å²) < 4.78 is 1.28. The first kappa shape index (κ1) is 8.30. The summed E-state index contributed by atoms with van der Waals surface area (Å²) in [6.07, 6.45) is 4.06. The summed E-state index contributed by atoms with van der Waals surface area (Å²) in [6, 6.07) is 1.31. The Morgan fingerprint density at radius 1 is 1.50 bits per heavy atom. The van der Waals surface area contributed by atoms with E-state index in [-0.39, 0.29) is 11.6 Å². The van der Waals surface area contributed by atoms with E-state index in [0.717, 1.165) is 0 Å². The maximum atomic E-state index is 10.6. The van der Waals surface area contributed by atoms with Gasteiger partial charge in [-0.05, 0) is 6.07 Å². The Labute approximate surface area is 78.1 Å². The largest absolute Gasteiger partial charge is 0.477 e. The van der Waals surface area contributed by atoms with Crippen LogP contribution in [0, 0.1) is 0 Å². The van der Waals surface area contributed by atoms with Crippen molar-refractivity contribution in [3.8, 4) is 5.95 Å². The monoisotopic (exact) mass is 191 g/mol. The van der Waals surface area contributed by atoms with E-state index >= 15 is 0 Å². The first-order chi connectivity index (χ1) is 6.77. The second-order valence-electron chi connectivity index (χ2n) is 2.39. The summed E-state index contributed by atoms with van der Waals surface area (Å²) in [5.74, 6) is -0.920. The van der Waals surface area contributed by atoms with Crippen LogP contribution in [0.3, 0.4) is 0 Å². The summed E-state index contributed by atoms with van der Waals surface area (Å²) in [5.41, 5.74) is -0.0782. The number of hydrogen-bond donors (Lipinski definition) is 1. The average Bonchev–Trinajstić information content (AvgIpc) is 2.71. The predicted octanol–water partition coefficient (Wildman–Crippen LogP) is -0.245. The molecule has 7 nitrogen and oxygen atoms in total. The molecule has 14 heavy (non-hydrogen) atoms. The molecular weight excluding hydrogens is 186 g/mol. The van der Waals surface area contributed by atoms with Crippen molar-refractivity contribution in [2.45, 2.75) is 0 Å². The quantitative estimate of drug-likeness (QED) is 0.703. The molecule has 0 amide bonds. The van der Waals surface area contributed by atoms with Crippen LogP contribution in [0.1, 0.15) is 10.5 Å². The highest BCUT2D eigenvalue weighted by Gasteiger charge is 2.07. The molecule has 0 unspecified atom stereocenters. The molecule has 0 aromatic carbocycles. The Morgan fingerprint density at radius 3 is 3.00 bits per heavy atom. The fourth-order valence-electron chi connectivity index (χ4n) is 0.889. The molecule has 0 saturated carbocycles. The van der Waals surface area contributed by atoms with Crippen molar-refractivity contribution in [1.29, 1.82) is 0 Å². The van der Waals surface area contributed by atoms with Crippen LogP contribution in [0.25, 0.3) is 5.95 Å². The Kier molecular flexibility index (Phi) is 1.90. The average molecular weight is 191 g/mol. The molecule has 70 valence electrons. The minimum Gasteiger partial charge on any atom is -0.477 e. The molecule has 0 spiro atoms. The highest BCUT2D eigenvalue weighted by Crippen LogP contribution is 1.99. The molecule has 2 aromatic heterocycles. The van der Waals surface area contributed by atoms with Crippen molar-refractivity contribution >= 4 is 5.97 Å². The summed E-state index contributed by atoms with van der Waals surface area (Å²) in [4.78, 5) is 21.9. The van der Waals surface area contributed by atoms with Gasteiger partial charge in [0.25, 0.3) is 5.95 Å². The van der Waals surface area contributed by atoms with E-state index in [4.69, 9.17) is 5.11 Å². The highest BCUT2D eigenvalue weighted by atomic mass is 16.4. The first-order valence-corrected chi connectivity index (χ1v) is 3.69. The minimum absolute atomic E-state index is 0.0782. The van der Waals surface area contributed by atoms with Crippen molar-refractivity contribution in [3.63, 3.8) is 0 Å². The third-order valence-corrected chi connectivity index (χ3v) is 1.49. The van der Waals surface area contributed by atoms with E-state index in [1.807, 2.05) is 0 Å². The molecular formula is C7H5N5O2. The van der Waals surface area contributed by atoms with Gasteiger partial charge in [-0.15, -0.1) is 0 Å². The van der Waals surface area contributed by atoms with Crippen LogP contribution < -0.4 is 0 Å². The third-order valence-electron chi connectivity index (χ3n) is 1.49. The lowest BCUT2D eigenvalue weighted by molar-refractivity contribution is 0.0690. The van der Waals surface area contributed by atoms with Crippen molar-refractivity contribution in [2.24, 2.45) is 0 Å². The summed E-state index contributed by atoms with van der Waals surface area (Å²) >= 11 is 0. The van der Waals surface area contributed by atoms with Crippen LogP contribution >= 0.6 is 0 Å². The smallest absolute Gasteiger partial charge is 0.354 e. The van der Waals surface area contributed by atoms with Gasteiger partial charge in [-0.2, -0.15) is 9.78 Å². The van der Waals surface area contributed by atoms with Gasteiger partial charge in [0.2, 0.25) is 0 Å². The lowest BCUT2D eigenvalue weighted by atomic mass is 10.4. The predicted molar refractivity (Wildman–Crippen MR) is 43.9 cm³/mol. The first-order valence-electron chi connectivity index (χ1n) is 3.69. The van der Waals surface area contributed by atoms with E-state index in [1.54, 1.807) is 0 Å². The lowest BCUT2D eigenvalue weighted by Crippen LogP contribution is -2.07. The Hall–Kier alpha value is -2.31. The van der Waals surface area contributed by atoms with Crippen molar-refractivity contribution in [3.05, 3.63) is 30.6 Å². The number of carboxylic acids is 1. The number of hydrogen-bond acceptors (Lipinski definition) is 5. The molecule has 2 heterocycles. The fraction of sp³-hybridized carbons (Fsp3) is 0. The second kappa shape index (κ2) is 3.21. The zero-order valence-corrected chi connectivity index (χ0v) is 6.90. The molecule has 0 saturated heterocycles.